The Labute approximate surface area is 99.3 Å². The topological polar surface area (TPSA) is 54.9 Å². The Morgan fingerprint density at radius 3 is 2.62 bits per heavy atom. The van der Waals surface area contributed by atoms with E-state index in [4.69, 9.17) is 11.6 Å². The lowest BCUT2D eigenvalue weighted by molar-refractivity contribution is 0.496. The third kappa shape index (κ3) is 3.85. The molecule has 0 radical (unpaired) electrons. The minimum atomic E-state index is -0.429. The van der Waals surface area contributed by atoms with Crippen LogP contribution in [0, 0.1) is 5.92 Å². The minimum absolute atomic E-state index is 0.0911. The van der Waals surface area contributed by atoms with Crippen LogP contribution in [0.3, 0.4) is 0 Å². The van der Waals surface area contributed by atoms with Crippen molar-refractivity contribution in [2.24, 2.45) is 5.92 Å². The number of nitrogens with one attached hydrogen (secondary N) is 1. The molecule has 90 valence electrons. The molecule has 0 atom stereocenters. The predicted octanol–water partition coefficient (Wildman–Crippen LogP) is 2.02. The van der Waals surface area contributed by atoms with Crippen LogP contribution in [0.4, 0.5) is 0 Å². The summed E-state index contributed by atoms with van der Waals surface area (Å²) in [4.78, 5) is 25.3. The summed E-state index contributed by atoms with van der Waals surface area (Å²) in [7, 11) is 0. The van der Waals surface area contributed by atoms with Crippen molar-refractivity contribution >= 4 is 11.6 Å². The van der Waals surface area contributed by atoms with Crippen molar-refractivity contribution in [3.63, 3.8) is 0 Å². The van der Waals surface area contributed by atoms with Gasteiger partial charge in [0, 0.05) is 12.6 Å². The average Bonchev–Trinajstić information content (AvgIpc) is 2.14. The van der Waals surface area contributed by atoms with Crippen LogP contribution in [0.15, 0.2) is 15.7 Å². The number of rotatable bonds is 5. The molecule has 0 aliphatic heterocycles. The van der Waals surface area contributed by atoms with Crippen LogP contribution < -0.4 is 11.2 Å². The molecule has 1 heterocycles. The number of aromatic nitrogens is 2. The summed E-state index contributed by atoms with van der Waals surface area (Å²) in [5.41, 5.74) is -0.764. The molecule has 0 aromatic carbocycles. The van der Waals surface area contributed by atoms with Crippen molar-refractivity contribution in [3.8, 4) is 0 Å². The smallest absolute Gasteiger partial charge is 0.298 e. The molecular weight excluding hydrogens is 228 g/mol. The van der Waals surface area contributed by atoms with E-state index >= 15 is 0 Å². The van der Waals surface area contributed by atoms with Gasteiger partial charge in [-0.25, -0.2) is 4.79 Å². The van der Waals surface area contributed by atoms with Crippen molar-refractivity contribution < 1.29 is 0 Å². The summed E-state index contributed by atoms with van der Waals surface area (Å²) in [5, 5.41) is 0.0911. The lowest BCUT2D eigenvalue weighted by atomic mass is 10.1. The largest absolute Gasteiger partial charge is 0.329 e. The lowest BCUT2D eigenvalue weighted by Gasteiger charge is -2.06. The fourth-order valence-corrected chi connectivity index (χ4v) is 1.70. The van der Waals surface area contributed by atoms with E-state index in [9.17, 15) is 9.59 Å². The first-order chi connectivity index (χ1) is 7.50. The summed E-state index contributed by atoms with van der Waals surface area (Å²) in [5.74, 6) is 0.653. The fraction of sp³-hybridized carbons (Fsp3) is 0.636. The van der Waals surface area contributed by atoms with Crippen LogP contribution in [-0.2, 0) is 6.54 Å². The maximum absolute atomic E-state index is 11.4. The molecule has 1 rings (SSSR count). The SMILES string of the molecule is CC(C)CCCCn1c(=O)cc(Cl)[nH]c1=O. The van der Waals surface area contributed by atoms with Crippen LogP contribution in [0.2, 0.25) is 5.15 Å². The van der Waals surface area contributed by atoms with Gasteiger partial charge in [-0.05, 0) is 12.3 Å². The number of halogens is 1. The zero-order valence-electron chi connectivity index (χ0n) is 9.62. The standard InChI is InChI=1S/C11H17ClN2O2/c1-8(2)5-3-4-6-14-10(15)7-9(12)13-11(14)16/h7-8H,3-6H2,1-2H3,(H,13,16). The van der Waals surface area contributed by atoms with E-state index in [1.54, 1.807) is 0 Å². The molecule has 1 aromatic rings. The van der Waals surface area contributed by atoms with Crippen molar-refractivity contribution in [2.45, 2.75) is 39.7 Å². The van der Waals surface area contributed by atoms with Gasteiger partial charge in [-0.15, -0.1) is 0 Å². The Balaban J connectivity index is 2.61. The second kappa shape index (κ2) is 5.89. The lowest BCUT2D eigenvalue weighted by Crippen LogP contribution is -2.34. The molecule has 0 saturated carbocycles. The van der Waals surface area contributed by atoms with Gasteiger partial charge in [0.2, 0.25) is 0 Å². The summed E-state index contributed by atoms with van der Waals surface area (Å²) < 4.78 is 1.19. The Hall–Kier alpha value is -1.03. The van der Waals surface area contributed by atoms with Crippen LogP contribution in [-0.4, -0.2) is 9.55 Å². The fourth-order valence-electron chi connectivity index (χ4n) is 1.53. The van der Waals surface area contributed by atoms with Gasteiger partial charge in [0.05, 0.1) is 0 Å². The van der Waals surface area contributed by atoms with Crippen molar-refractivity contribution in [1.82, 2.24) is 9.55 Å². The van der Waals surface area contributed by atoms with E-state index in [2.05, 4.69) is 18.8 Å². The van der Waals surface area contributed by atoms with Gasteiger partial charge >= 0.3 is 5.69 Å². The number of unbranched alkanes of at least 4 members (excludes halogenated alkanes) is 1. The maximum Gasteiger partial charge on any atom is 0.329 e. The molecule has 0 spiro atoms. The molecule has 0 saturated heterocycles. The van der Waals surface area contributed by atoms with Gasteiger partial charge in [0.1, 0.15) is 5.15 Å². The Morgan fingerprint density at radius 1 is 1.38 bits per heavy atom. The molecule has 4 nitrogen and oxygen atoms in total. The van der Waals surface area contributed by atoms with Gasteiger partial charge in [-0.1, -0.05) is 38.3 Å². The molecule has 16 heavy (non-hydrogen) atoms. The summed E-state index contributed by atoms with van der Waals surface area (Å²) in [6.45, 7) is 4.76. The third-order valence-corrected chi connectivity index (χ3v) is 2.60. The number of H-pyrrole nitrogens is 1. The normalized spacial score (nSPS) is 11.0. The van der Waals surface area contributed by atoms with Crippen molar-refractivity contribution in [1.29, 1.82) is 0 Å². The molecule has 5 heteroatoms. The first kappa shape index (κ1) is 13.0. The van der Waals surface area contributed by atoms with E-state index in [1.165, 1.54) is 10.6 Å². The molecule has 0 amide bonds. The molecule has 0 aliphatic rings. The van der Waals surface area contributed by atoms with Gasteiger partial charge in [0.15, 0.2) is 0 Å². The number of hydrogen-bond acceptors (Lipinski definition) is 2. The molecular formula is C11H17ClN2O2. The quantitative estimate of drug-likeness (QED) is 0.636. The Bertz CT molecular complexity index is 417. The van der Waals surface area contributed by atoms with Crippen LogP contribution in [0.25, 0.3) is 0 Å². The van der Waals surface area contributed by atoms with E-state index in [-0.39, 0.29) is 10.7 Å². The van der Waals surface area contributed by atoms with Crippen LogP contribution in [0.5, 0.6) is 0 Å². The minimum Gasteiger partial charge on any atom is -0.298 e. The highest BCUT2D eigenvalue weighted by Gasteiger charge is 2.03. The first-order valence-corrected chi connectivity index (χ1v) is 5.88. The summed E-state index contributed by atoms with van der Waals surface area (Å²) in [6, 6.07) is 1.23. The summed E-state index contributed by atoms with van der Waals surface area (Å²) in [6.07, 6.45) is 2.97. The van der Waals surface area contributed by atoms with Gasteiger partial charge < -0.3 is 0 Å². The number of aromatic amines is 1. The zero-order chi connectivity index (χ0) is 12.1. The summed E-state index contributed by atoms with van der Waals surface area (Å²) >= 11 is 5.56. The van der Waals surface area contributed by atoms with E-state index in [0.717, 1.165) is 19.3 Å². The maximum atomic E-state index is 11.4. The first-order valence-electron chi connectivity index (χ1n) is 5.50. The highest BCUT2D eigenvalue weighted by molar-refractivity contribution is 6.29. The van der Waals surface area contributed by atoms with Gasteiger partial charge in [0.25, 0.3) is 5.56 Å². The van der Waals surface area contributed by atoms with Gasteiger partial charge in [-0.3, -0.25) is 14.3 Å². The number of hydrogen-bond donors (Lipinski definition) is 1. The predicted molar refractivity (Wildman–Crippen MR) is 65.0 cm³/mol. The molecule has 0 aliphatic carbocycles. The van der Waals surface area contributed by atoms with E-state index < -0.39 is 5.69 Å². The molecule has 0 fully saturated rings. The molecule has 1 aromatic heterocycles. The second-order valence-electron chi connectivity index (χ2n) is 4.30. The highest BCUT2D eigenvalue weighted by atomic mass is 35.5. The molecule has 1 N–H and O–H groups in total. The van der Waals surface area contributed by atoms with Crippen LogP contribution >= 0.6 is 11.6 Å². The van der Waals surface area contributed by atoms with E-state index in [0.29, 0.717) is 12.5 Å². The van der Waals surface area contributed by atoms with Crippen molar-refractivity contribution in [3.05, 3.63) is 32.1 Å². The van der Waals surface area contributed by atoms with E-state index in [1.807, 2.05) is 0 Å². The Morgan fingerprint density at radius 2 is 2.06 bits per heavy atom. The average molecular weight is 245 g/mol. The monoisotopic (exact) mass is 244 g/mol. The second-order valence-corrected chi connectivity index (χ2v) is 4.71. The molecule has 0 unspecified atom stereocenters. The highest BCUT2D eigenvalue weighted by Crippen LogP contribution is 2.06. The zero-order valence-corrected chi connectivity index (χ0v) is 10.4. The van der Waals surface area contributed by atoms with Crippen LogP contribution in [0.1, 0.15) is 33.1 Å². The third-order valence-electron chi connectivity index (χ3n) is 2.40. The Kier molecular flexibility index (Phi) is 4.80. The van der Waals surface area contributed by atoms with Gasteiger partial charge in [-0.2, -0.15) is 0 Å². The molecule has 0 bridgehead atoms. The van der Waals surface area contributed by atoms with Crippen molar-refractivity contribution in [2.75, 3.05) is 0 Å². The number of nitrogens with zero attached hydrogens (tertiary/aromatic N) is 1.